The average Bonchev–Trinajstić information content (AvgIpc) is 3.21. The van der Waals surface area contributed by atoms with Crippen molar-refractivity contribution in [1.29, 1.82) is 0 Å². The van der Waals surface area contributed by atoms with Crippen molar-refractivity contribution in [3.05, 3.63) is 59.7 Å². The van der Waals surface area contributed by atoms with E-state index >= 15 is 0 Å². The molecule has 0 radical (unpaired) electrons. The second kappa shape index (κ2) is 8.61. The van der Waals surface area contributed by atoms with Crippen molar-refractivity contribution in [3.8, 4) is 11.1 Å². The Morgan fingerprint density at radius 3 is 1.74 bits per heavy atom. The molecule has 0 aromatic heterocycles. The summed E-state index contributed by atoms with van der Waals surface area (Å²) in [5.74, 6) is 0. The molecule has 2 aromatic rings. The zero-order valence-corrected chi connectivity index (χ0v) is 17.8. The highest BCUT2D eigenvalue weighted by Gasteiger charge is 2.42. The van der Waals surface area contributed by atoms with Gasteiger partial charge in [0, 0.05) is 12.1 Å². The summed E-state index contributed by atoms with van der Waals surface area (Å²) in [7, 11) is 0. The topological polar surface area (TPSA) is 12.0 Å². The van der Waals surface area contributed by atoms with Crippen LogP contribution < -0.4 is 5.32 Å². The van der Waals surface area contributed by atoms with E-state index in [0.717, 1.165) is 6.42 Å². The summed E-state index contributed by atoms with van der Waals surface area (Å²) >= 11 is 0. The molecule has 1 saturated heterocycles. The van der Waals surface area contributed by atoms with Gasteiger partial charge in [-0.3, -0.25) is 0 Å². The van der Waals surface area contributed by atoms with Crippen molar-refractivity contribution in [2.45, 2.75) is 78.2 Å². The van der Waals surface area contributed by atoms with E-state index in [1.54, 1.807) is 0 Å². The van der Waals surface area contributed by atoms with Gasteiger partial charge in [-0.05, 0) is 67.2 Å². The lowest BCUT2D eigenvalue weighted by atomic mass is 9.71. The molecule has 3 aliphatic rings. The second-order valence-corrected chi connectivity index (χ2v) is 8.97. The van der Waals surface area contributed by atoms with Crippen molar-refractivity contribution >= 4 is 0 Å². The van der Waals surface area contributed by atoms with Gasteiger partial charge in [-0.25, -0.2) is 0 Å². The van der Waals surface area contributed by atoms with Gasteiger partial charge in [-0.15, -0.1) is 0 Å². The summed E-state index contributed by atoms with van der Waals surface area (Å²) in [4.78, 5) is 0. The third-order valence-electron chi connectivity index (χ3n) is 6.38. The summed E-state index contributed by atoms with van der Waals surface area (Å²) < 4.78 is 0. The van der Waals surface area contributed by atoms with Gasteiger partial charge in [0.05, 0.1) is 0 Å². The molecule has 27 heavy (non-hydrogen) atoms. The zero-order chi connectivity index (χ0) is 19.3. The van der Waals surface area contributed by atoms with Crippen LogP contribution in [0.5, 0.6) is 0 Å². The van der Waals surface area contributed by atoms with Crippen molar-refractivity contribution < 1.29 is 0 Å². The maximum absolute atomic E-state index is 3.66. The molecular weight excluding hydrogens is 326 g/mol. The smallest absolute Gasteiger partial charge is 0.0131 e. The fourth-order valence-electron chi connectivity index (χ4n) is 5.22. The van der Waals surface area contributed by atoms with Gasteiger partial charge in [0.2, 0.25) is 0 Å². The lowest BCUT2D eigenvalue weighted by Crippen LogP contribution is -2.31. The molecule has 5 rings (SSSR count). The van der Waals surface area contributed by atoms with Crippen LogP contribution in [0.4, 0.5) is 0 Å². The average molecular weight is 364 g/mol. The van der Waals surface area contributed by atoms with E-state index in [0.29, 0.717) is 11.0 Å². The second-order valence-electron chi connectivity index (χ2n) is 8.97. The minimum atomic E-state index is 0.414. The van der Waals surface area contributed by atoms with Gasteiger partial charge in [-0.2, -0.15) is 0 Å². The van der Waals surface area contributed by atoms with Gasteiger partial charge in [-0.1, -0.05) is 81.6 Å². The van der Waals surface area contributed by atoms with E-state index in [2.05, 4.69) is 67.7 Å². The first-order chi connectivity index (χ1) is 13.1. The maximum Gasteiger partial charge on any atom is 0.0131 e. The quantitative estimate of drug-likeness (QED) is 0.454. The van der Waals surface area contributed by atoms with E-state index in [1.807, 2.05) is 13.8 Å². The largest absolute Gasteiger partial charge is 0.311 e. The van der Waals surface area contributed by atoms with E-state index in [1.165, 1.54) is 67.3 Å². The van der Waals surface area contributed by atoms with Gasteiger partial charge in [0.15, 0.2) is 0 Å². The predicted molar refractivity (Wildman–Crippen MR) is 118 cm³/mol. The van der Waals surface area contributed by atoms with Crippen LogP contribution in [-0.4, -0.2) is 12.1 Å². The van der Waals surface area contributed by atoms with Crippen LogP contribution >= 0.6 is 0 Å². The van der Waals surface area contributed by atoms with E-state index in [-0.39, 0.29) is 0 Å². The normalized spacial score (nSPS) is 20.6. The van der Waals surface area contributed by atoms with Gasteiger partial charge >= 0.3 is 0 Å². The monoisotopic (exact) mass is 363 g/mol. The minimum absolute atomic E-state index is 0.414. The van der Waals surface area contributed by atoms with Crippen LogP contribution in [0.25, 0.3) is 11.1 Å². The standard InChI is InChI=1S/C13H10.C11H21N.C2H6/c1-3-7-12-10(5-1)9-11-6-2-4-8-13(11)12;1-10(2)8-11(9-12-10)6-4-3-5-7-11;1-2/h1-8H,9H2;12H,3-9H2,1-2H3;1-2H3. The van der Waals surface area contributed by atoms with Crippen LogP contribution in [0.1, 0.15) is 77.3 Å². The highest BCUT2D eigenvalue weighted by atomic mass is 15.0. The Balaban J connectivity index is 0.000000143. The van der Waals surface area contributed by atoms with Crippen molar-refractivity contribution in [2.24, 2.45) is 5.41 Å². The molecule has 1 heteroatoms. The summed E-state index contributed by atoms with van der Waals surface area (Å²) in [6, 6.07) is 17.3. The lowest BCUT2D eigenvalue weighted by Gasteiger charge is -2.33. The van der Waals surface area contributed by atoms with E-state index in [9.17, 15) is 0 Å². The molecule has 1 heterocycles. The van der Waals surface area contributed by atoms with Crippen molar-refractivity contribution in [2.75, 3.05) is 6.54 Å². The highest BCUT2D eigenvalue weighted by Crippen LogP contribution is 2.45. The molecule has 1 N–H and O–H groups in total. The molecular formula is C26H37N. The van der Waals surface area contributed by atoms with Crippen LogP contribution in [0.15, 0.2) is 48.5 Å². The predicted octanol–water partition coefficient (Wildman–Crippen LogP) is 6.99. The van der Waals surface area contributed by atoms with Gasteiger partial charge in [0.25, 0.3) is 0 Å². The number of hydrogen-bond acceptors (Lipinski definition) is 1. The first-order valence-corrected chi connectivity index (χ1v) is 11.0. The van der Waals surface area contributed by atoms with Crippen LogP contribution in [0, 0.1) is 5.41 Å². The molecule has 0 atom stereocenters. The first kappa shape index (κ1) is 20.1. The van der Waals surface area contributed by atoms with Crippen molar-refractivity contribution in [3.63, 3.8) is 0 Å². The highest BCUT2D eigenvalue weighted by molar-refractivity contribution is 5.76. The molecule has 2 aromatic carbocycles. The Morgan fingerprint density at radius 2 is 1.26 bits per heavy atom. The summed E-state index contributed by atoms with van der Waals surface area (Å²) in [5.41, 5.74) is 6.86. The van der Waals surface area contributed by atoms with E-state index < -0.39 is 0 Å². The molecule has 146 valence electrons. The third kappa shape index (κ3) is 4.63. The number of nitrogens with one attached hydrogen (secondary N) is 1. The fourth-order valence-corrected chi connectivity index (χ4v) is 5.22. The SMILES string of the molecule is CC.CC1(C)CC2(CCCCC2)CN1.c1ccc2c(c1)Cc1ccccc1-2. The number of hydrogen-bond donors (Lipinski definition) is 1. The number of rotatable bonds is 0. The minimum Gasteiger partial charge on any atom is -0.311 e. The summed E-state index contributed by atoms with van der Waals surface area (Å²) in [5, 5.41) is 3.66. The fraction of sp³-hybridized carbons (Fsp3) is 0.538. The van der Waals surface area contributed by atoms with Crippen LogP contribution in [-0.2, 0) is 6.42 Å². The van der Waals surface area contributed by atoms with Crippen LogP contribution in [0.3, 0.4) is 0 Å². The Kier molecular flexibility index (Phi) is 6.42. The molecule has 1 spiro atoms. The van der Waals surface area contributed by atoms with Crippen LogP contribution in [0.2, 0.25) is 0 Å². The van der Waals surface area contributed by atoms with Gasteiger partial charge < -0.3 is 5.32 Å². The molecule has 1 saturated carbocycles. The van der Waals surface area contributed by atoms with E-state index in [4.69, 9.17) is 0 Å². The Hall–Kier alpha value is -1.60. The lowest BCUT2D eigenvalue weighted by molar-refractivity contribution is 0.204. The Morgan fingerprint density at radius 1 is 0.741 bits per heavy atom. The molecule has 1 nitrogen and oxygen atoms in total. The Bertz CT molecular complexity index is 694. The van der Waals surface area contributed by atoms with Gasteiger partial charge in [0.1, 0.15) is 0 Å². The number of benzene rings is 2. The number of fused-ring (bicyclic) bond motifs is 3. The Labute approximate surface area is 166 Å². The molecule has 2 aliphatic carbocycles. The van der Waals surface area contributed by atoms with Crippen molar-refractivity contribution in [1.82, 2.24) is 5.32 Å². The molecule has 0 amide bonds. The first-order valence-electron chi connectivity index (χ1n) is 11.0. The third-order valence-corrected chi connectivity index (χ3v) is 6.38. The molecule has 0 bridgehead atoms. The molecule has 1 aliphatic heterocycles. The zero-order valence-electron chi connectivity index (χ0n) is 17.8. The molecule has 2 fully saturated rings. The summed E-state index contributed by atoms with van der Waals surface area (Å²) in [6.07, 6.45) is 9.87. The summed E-state index contributed by atoms with van der Waals surface area (Å²) in [6.45, 7) is 9.96. The maximum atomic E-state index is 3.66. The molecule has 0 unspecified atom stereocenters.